The highest BCUT2D eigenvalue weighted by molar-refractivity contribution is 5.78. The Morgan fingerprint density at radius 2 is 0.750 bits per heavy atom. The van der Waals surface area contributed by atoms with E-state index < -0.39 is 11.9 Å². The minimum atomic E-state index is -1.21. The molecule has 0 rings (SSSR count). The maximum absolute atomic E-state index is 10.3. The van der Waals surface area contributed by atoms with E-state index in [1.54, 1.807) is 13.8 Å². The largest absolute Gasteiger partial charge is 0.545 e. The molecule has 4 heteroatoms. The van der Waals surface area contributed by atoms with E-state index in [0.717, 1.165) is 34.4 Å². The van der Waals surface area contributed by atoms with Crippen LogP contribution in [0.15, 0.2) is 107 Å². The van der Waals surface area contributed by atoms with Crippen LogP contribution in [0.3, 0.4) is 0 Å². The predicted molar refractivity (Wildman–Crippen MR) is 111 cm³/mol. The van der Waals surface area contributed by atoms with Crippen LogP contribution in [0, 0.1) is 0 Å². The molecule has 0 aliphatic carbocycles. The summed E-state index contributed by atoms with van der Waals surface area (Å²) in [5.74, 6) is -2.43. The number of hydrogen-bond acceptors (Lipinski definition) is 4. The normalized spacial score (nSPS) is 15.1. The van der Waals surface area contributed by atoms with Crippen molar-refractivity contribution in [2.24, 2.45) is 0 Å². The highest BCUT2D eigenvalue weighted by atomic mass is 16.4. The summed E-state index contributed by atoms with van der Waals surface area (Å²) in [6.07, 6.45) is 23.9. The maximum Gasteiger partial charge on any atom is 0.0642 e. The van der Waals surface area contributed by atoms with E-state index in [1.807, 2.05) is 74.6 Å². The number of carboxylic acid groups (broad SMARTS) is 2. The molecular weight excluding hydrogens is 352 g/mol. The third-order valence-electron chi connectivity index (χ3n) is 3.23. The zero-order valence-corrected chi connectivity index (χ0v) is 16.7. The van der Waals surface area contributed by atoms with Gasteiger partial charge in [-0.2, -0.15) is 0 Å². The molecule has 0 aliphatic rings. The molecule has 0 radical (unpaired) electrons. The van der Waals surface area contributed by atoms with Gasteiger partial charge >= 0.3 is 0 Å². The molecule has 0 spiro atoms. The highest BCUT2D eigenvalue weighted by Crippen LogP contribution is 2.02. The van der Waals surface area contributed by atoms with Crippen LogP contribution >= 0.6 is 0 Å². The molecule has 4 nitrogen and oxygen atoms in total. The number of rotatable bonds is 10. The monoisotopic (exact) mass is 378 g/mol. The van der Waals surface area contributed by atoms with Gasteiger partial charge in [0, 0.05) is 0 Å². The molecule has 0 fully saturated rings. The van der Waals surface area contributed by atoms with Crippen molar-refractivity contribution in [1.82, 2.24) is 0 Å². The molecule has 0 saturated heterocycles. The van der Waals surface area contributed by atoms with Crippen molar-refractivity contribution in [1.29, 1.82) is 0 Å². The Bertz CT molecular complexity index is 740. The highest BCUT2D eigenvalue weighted by Gasteiger charge is 1.82. The average molecular weight is 378 g/mol. The van der Waals surface area contributed by atoms with Crippen LogP contribution in [-0.4, -0.2) is 11.9 Å². The minimum absolute atomic E-state index is 0.813. The van der Waals surface area contributed by atoms with Crippen LogP contribution in [0.2, 0.25) is 0 Å². The van der Waals surface area contributed by atoms with Crippen LogP contribution in [0.5, 0.6) is 0 Å². The molecule has 28 heavy (non-hydrogen) atoms. The van der Waals surface area contributed by atoms with E-state index in [4.69, 9.17) is 0 Å². The van der Waals surface area contributed by atoms with Gasteiger partial charge in [-0.3, -0.25) is 0 Å². The van der Waals surface area contributed by atoms with E-state index in [9.17, 15) is 19.8 Å². The van der Waals surface area contributed by atoms with Gasteiger partial charge in [0.2, 0.25) is 0 Å². The SMILES string of the molecule is CC(/C=C/C=C(C)/C=C/C(=O)[O-])=C\C=C\C=C(C)\C=C\C=C(C)\C=C\C(=O)[O-]. The lowest BCUT2D eigenvalue weighted by molar-refractivity contribution is -0.298. The Kier molecular flexibility index (Phi) is 12.9. The van der Waals surface area contributed by atoms with Crippen LogP contribution in [0.4, 0.5) is 0 Å². The average Bonchev–Trinajstić information content (AvgIpc) is 2.61. The number of allylic oxidation sites excluding steroid dienone is 16. The van der Waals surface area contributed by atoms with E-state index >= 15 is 0 Å². The first-order chi connectivity index (χ1) is 13.2. The molecule has 0 heterocycles. The molecule has 0 atom stereocenters. The fourth-order valence-corrected chi connectivity index (χ4v) is 1.74. The molecule has 0 N–H and O–H groups in total. The van der Waals surface area contributed by atoms with Crippen molar-refractivity contribution in [3.05, 3.63) is 107 Å². The molecular formula is C24H26O4-2. The summed E-state index contributed by atoms with van der Waals surface area (Å²) in [4.78, 5) is 20.6. The van der Waals surface area contributed by atoms with Gasteiger partial charge in [0.25, 0.3) is 0 Å². The Labute approximate surface area is 167 Å². The summed E-state index contributed by atoms with van der Waals surface area (Å²) < 4.78 is 0. The summed E-state index contributed by atoms with van der Waals surface area (Å²) >= 11 is 0. The number of carbonyl (C=O) groups is 2. The molecule has 0 aliphatic heterocycles. The van der Waals surface area contributed by atoms with Gasteiger partial charge in [-0.25, -0.2) is 0 Å². The van der Waals surface area contributed by atoms with Crippen molar-refractivity contribution in [2.75, 3.05) is 0 Å². The molecule has 0 aromatic heterocycles. The van der Waals surface area contributed by atoms with Crippen LogP contribution < -0.4 is 10.2 Å². The summed E-state index contributed by atoms with van der Waals surface area (Å²) in [5, 5.41) is 20.6. The third kappa shape index (κ3) is 16.1. The molecule has 0 bridgehead atoms. The summed E-state index contributed by atoms with van der Waals surface area (Å²) in [6, 6.07) is 0. The minimum Gasteiger partial charge on any atom is -0.545 e. The maximum atomic E-state index is 10.3. The second kappa shape index (κ2) is 14.7. The van der Waals surface area contributed by atoms with Gasteiger partial charge < -0.3 is 19.8 Å². The van der Waals surface area contributed by atoms with Crippen molar-refractivity contribution in [3.63, 3.8) is 0 Å². The Balaban J connectivity index is 4.66. The first kappa shape index (κ1) is 24.6. The second-order valence-electron chi connectivity index (χ2n) is 6.05. The lowest BCUT2D eigenvalue weighted by Gasteiger charge is -1.92. The summed E-state index contributed by atoms with van der Waals surface area (Å²) in [7, 11) is 0. The van der Waals surface area contributed by atoms with E-state index in [2.05, 4.69) is 0 Å². The second-order valence-corrected chi connectivity index (χ2v) is 6.05. The lowest BCUT2D eigenvalue weighted by atomic mass is 10.2. The molecule has 148 valence electrons. The van der Waals surface area contributed by atoms with Gasteiger partial charge in [-0.05, 0) is 39.8 Å². The van der Waals surface area contributed by atoms with Gasteiger partial charge in [0.1, 0.15) is 0 Å². The van der Waals surface area contributed by atoms with E-state index in [0.29, 0.717) is 0 Å². The number of carbonyl (C=O) groups excluding carboxylic acids is 2. The topological polar surface area (TPSA) is 80.3 Å². The van der Waals surface area contributed by atoms with Gasteiger partial charge in [0.15, 0.2) is 0 Å². The smallest absolute Gasteiger partial charge is 0.0642 e. The fourth-order valence-electron chi connectivity index (χ4n) is 1.74. The standard InChI is InChI=1S/C24H28O4/c1-19(11-7-13-21(3)15-17-23(25)26)9-5-6-10-20(2)12-8-14-22(4)16-18-24(27)28/h5-18H,1-4H3,(H,25,26)(H,27,28)/p-2/b6-5+,11-7+,12-8+,17-15+,18-16+,19-9+,20-10+,21-13+,22-14+. The van der Waals surface area contributed by atoms with Crippen molar-refractivity contribution in [3.8, 4) is 0 Å². The third-order valence-corrected chi connectivity index (χ3v) is 3.23. The van der Waals surface area contributed by atoms with Gasteiger partial charge in [-0.1, -0.05) is 95.2 Å². The first-order valence-corrected chi connectivity index (χ1v) is 8.70. The molecule has 0 aromatic carbocycles. The Morgan fingerprint density at radius 3 is 1.07 bits per heavy atom. The number of hydrogen-bond donors (Lipinski definition) is 0. The number of carboxylic acids is 2. The molecule has 0 unspecified atom stereocenters. The lowest BCUT2D eigenvalue weighted by Crippen LogP contribution is -2.18. The summed E-state index contributed by atoms with van der Waals surface area (Å²) in [5.41, 5.74) is 3.72. The molecule has 0 aromatic rings. The van der Waals surface area contributed by atoms with Gasteiger partial charge in [-0.15, -0.1) is 0 Å². The van der Waals surface area contributed by atoms with Crippen LogP contribution in [0.25, 0.3) is 0 Å². The van der Waals surface area contributed by atoms with Gasteiger partial charge in [0.05, 0.1) is 11.9 Å². The summed E-state index contributed by atoms with van der Waals surface area (Å²) in [6.45, 7) is 7.54. The fraction of sp³-hybridized carbons (Fsp3) is 0.167. The van der Waals surface area contributed by atoms with Crippen LogP contribution in [0.1, 0.15) is 27.7 Å². The van der Waals surface area contributed by atoms with Crippen LogP contribution in [-0.2, 0) is 9.59 Å². The van der Waals surface area contributed by atoms with Crippen molar-refractivity contribution >= 4 is 11.9 Å². The first-order valence-electron chi connectivity index (χ1n) is 8.70. The zero-order valence-electron chi connectivity index (χ0n) is 16.7. The number of aliphatic carboxylic acids is 2. The quantitative estimate of drug-likeness (QED) is 0.432. The molecule has 0 amide bonds. The molecule has 0 saturated carbocycles. The van der Waals surface area contributed by atoms with Crippen molar-refractivity contribution < 1.29 is 19.8 Å². The zero-order chi connectivity index (χ0) is 21.4. The van der Waals surface area contributed by atoms with Crippen molar-refractivity contribution in [2.45, 2.75) is 27.7 Å². The van der Waals surface area contributed by atoms with E-state index in [-0.39, 0.29) is 0 Å². The Hall–Kier alpha value is -3.40. The van der Waals surface area contributed by atoms with E-state index in [1.165, 1.54) is 12.2 Å². The Morgan fingerprint density at radius 1 is 0.464 bits per heavy atom. The predicted octanol–water partition coefficient (Wildman–Crippen LogP) is 3.05.